The maximum Gasteiger partial charge on any atom is 0.251 e. The largest absolute Gasteiger partial charge is 0.494 e. The van der Waals surface area contributed by atoms with Crippen LogP contribution in [0.2, 0.25) is 0 Å². The van der Waals surface area contributed by atoms with Gasteiger partial charge in [0, 0.05) is 54.8 Å². The van der Waals surface area contributed by atoms with E-state index in [9.17, 15) is 18.4 Å². The molecule has 2 aliphatic rings. The predicted octanol–water partition coefficient (Wildman–Crippen LogP) is 4.96. The Hall–Kier alpha value is -4.58. The van der Waals surface area contributed by atoms with E-state index in [-0.39, 0.29) is 29.0 Å². The molecule has 0 unspecified atom stereocenters. The smallest absolute Gasteiger partial charge is 0.251 e. The number of imidazole rings is 1. The number of likely N-dealkylation sites (tertiary alicyclic amines) is 1. The number of aromatic nitrogens is 3. The summed E-state index contributed by atoms with van der Waals surface area (Å²) in [6, 6.07) is 8.34. The lowest BCUT2D eigenvalue weighted by molar-refractivity contribution is -0.137. The number of fused-ring (bicyclic) bond motifs is 1. The standard InChI is InChI=1S/C34H39F2N7O3/c1-3-22-18-24(41-31-32-39-20-27(43(32)17-14-38-31)26-6-7-28(46-2)30(36)29(26)35)4-5-25(22)33(44)40-19-21-10-15-42(16-11-21)34(45)23-8-12-37-13-9-23/h4-7,14,17-18,20-21,23,37H,3,8-13,15-16,19H2,1-2H3,(H,38,41)(H,40,44). The first-order chi connectivity index (χ1) is 22.4. The van der Waals surface area contributed by atoms with Gasteiger partial charge in [0.25, 0.3) is 5.91 Å². The van der Waals surface area contributed by atoms with Crippen molar-refractivity contribution in [3.63, 3.8) is 0 Å². The monoisotopic (exact) mass is 631 g/mol. The number of anilines is 2. The molecule has 0 aliphatic carbocycles. The van der Waals surface area contributed by atoms with Crippen LogP contribution in [0.5, 0.6) is 5.75 Å². The third-order valence-corrected chi connectivity index (χ3v) is 9.13. The molecule has 2 aromatic heterocycles. The average Bonchev–Trinajstić information content (AvgIpc) is 3.53. The second-order valence-corrected chi connectivity index (χ2v) is 11.9. The third-order valence-electron chi connectivity index (χ3n) is 9.13. The second-order valence-electron chi connectivity index (χ2n) is 11.9. The molecule has 0 saturated carbocycles. The Morgan fingerprint density at radius 3 is 2.57 bits per heavy atom. The van der Waals surface area contributed by atoms with E-state index in [0.717, 1.165) is 57.4 Å². The minimum absolute atomic E-state index is 0.0443. The summed E-state index contributed by atoms with van der Waals surface area (Å²) in [5, 5.41) is 9.70. The van der Waals surface area contributed by atoms with E-state index in [1.165, 1.54) is 25.4 Å². The fraction of sp³-hybridized carbons (Fsp3) is 0.412. The predicted molar refractivity (Wildman–Crippen MR) is 171 cm³/mol. The maximum atomic E-state index is 14.9. The topological polar surface area (TPSA) is 113 Å². The van der Waals surface area contributed by atoms with Gasteiger partial charge in [-0.05, 0) is 87.0 Å². The fourth-order valence-corrected chi connectivity index (χ4v) is 6.43. The van der Waals surface area contributed by atoms with Crippen LogP contribution in [0.15, 0.2) is 48.9 Å². The molecule has 6 rings (SSSR count). The van der Waals surface area contributed by atoms with Crippen LogP contribution in [0, 0.1) is 23.5 Å². The highest BCUT2D eigenvalue weighted by Gasteiger charge is 2.29. The number of amides is 2. The second kappa shape index (κ2) is 13.8. The van der Waals surface area contributed by atoms with Crippen molar-refractivity contribution in [1.29, 1.82) is 0 Å². The molecule has 2 amide bonds. The van der Waals surface area contributed by atoms with Gasteiger partial charge in [0.05, 0.1) is 19.0 Å². The highest BCUT2D eigenvalue weighted by atomic mass is 19.2. The molecule has 0 atom stereocenters. The molecule has 0 spiro atoms. The molecule has 2 fully saturated rings. The Balaban J connectivity index is 1.09. The van der Waals surface area contributed by atoms with E-state index < -0.39 is 11.6 Å². The Labute approximate surface area is 266 Å². The van der Waals surface area contributed by atoms with Gasteiger partial charge < -0.3 is 25.6 Å². The molecule has 3 N–H and O–H groups in total. The number of rotatable bonds is 9. The molecule has 2 saturated heterocycles. The summed E-state index contributed by atoms with van der Waals surface area (Å²) in [7, 11) is 1.28. The van der Waals surface area contributed by atoms with Crippen LogP contribution in [-0.4, -0.2) is 70.9 Å². The Morgan fingerprint density at radius 2 is 1.83 bits per heavy atom. The number of halogens is 2. The molecule has 2 aromatic carbocycles. The number of carbonyl (C=O) groups excluding carboxylic acids is 2. The number of carbonyl (C=O) groups is 2. The number of nitrogens with one attached hydrogen (secondary N) is 3. The Kier molecular flexibility index (Phi) is 9.43. The zero-order valence-electron chi connectivity index (χ0n) is 26.1. The number of ether oxygens (including phenoxy) is 1. The zero-order chi connectivity index (χ0) is 32.2. The molecule has 0 radical (unpaired) electrons. The number of piperidine rings is 2. The van der Waals surface area contributed by atoms with Crippen molar-refractivity contribution in [2.45, 2.75) is 39.0 Å². The number of nitrogens with zero attached hydrogens (tertiary/aromatic N) is 4. The first kappa shape index (κ1) is 31.4. The van der Waals surface area contributed by atoms with Crippen molar-refractivity contribution < 1.29 is 23.1 Å². The summed E-state index contributed by atoms with van der Waals surface area (Å²) in [4.78, 5) is 37.0. The molecule has 242 valence electrons. The van der Waals surface area contributed by atoms with Gasteiger partial charge in [0.2, 0.25) is 11.7 Å². The molecule has 2 aliphatic heterocycles. The van der Waals surface area contributed by atoms with Crippen LogP contribution in [0.3, 0.4) is 0 Å². The summed E-state index contributed by atoms with van der Waals surface area (Å²) in [6.07, 6.45) is 8.88. The lowest BCUT2D eigenvalue weighted by atomic mass is 9.92. The number of benzene rings is 2. The lowest BCUT2D eigenvalue weighted by Gasteiger charge is -2.35. The first-order valence-corrected chi connectivity index (χ1v) is 15.9. The number of hydrogen-bond donors (Lipinski definition) is 3. The van der Waals surface area contributed by atoms with Crippen LogP contribution in [0.1, 0.15) is 48.5 Å². The van der Waals surface area contributed by atoms with Crippen molar-refractivity contribution in [1.82, 2.24) is 29.9 Å². The molecule has 46 heavy (non-hydrogen) atoms. The highest BCUT2D eigenvalue weighted by molar-refractivity contribution is 5.96. The van der Waals surface area contributed by atoms with Gasteiger partial charge in [-0.3, -0.25) is 14.0 Å². The number of methoxy groups -OCH3 is 1. The van der Waals surface area contributed by atoms with Gasteiger partial charge in [0.15, 0.2) is 23.0 Å². The molecule has 10 nitrogen and oxygen atoms in total. The third kappa shape index (κ3) is 6.39. The van der Waals surface area contributed by atoms with Crippen molar-refractivity contribution in [2.75, 3.05) is 45.2 Å². The summed E-state index contributed by atoms with van der Waals surface area (Å²) in [6.45, 7) is 5.87. The van der Waals surface area contributed by atoms with E-state index in [0.29, 0.717) is 47.3 Å². The molecule has 12 heteroatoms. The number of hydrogen-bond acceptors (Lipinski definition) is 7. The normalized spacial score (nSPS) is 16.0. The molecular weight excluding hydrogens is 592 g/mol. The van der Waals surface area contributed by atoms with Crippen LogP contribution in [0.25, 0.3) is 16.9 Å². The summed E-state index contributed by atoms with van der Waals surface area (Å²) in [5.41, 5.74) is 3.03. The van der Waals surface area contributed by atoms with E-state index in [1.807, 2.05) is 24.0 Å². The van der Waals surface area contributed by atoms with Crippen molar-refractivity contribution >= 4 is 29.0 Å². The first-order valence-electron chi connectivity index (χ1n) is 15.9. The quantitative estimate of drug-likeness (QED) is 0.240. The van der Waals surface area contributed by atoms with Gasteiger partial charge in [-0.1, -0.05) is 6.92 Å². The maximum absolute atomic E-state index is 14.9. The Bertz CT molecular complexity index is 1730. The lowest BCUT2D eigenvalue weighted by Crippen LogP contribution is -2.46. The van der Waals surface area contributed by atoms with Gasteiger partial charge in [-0.15, -0.1) is 0 Å². The fourth-order valence-electron chi connectivity index (χ4n) is 6.43. The van der Waals surface area contributed by atoms with Crippen molar-refractivity contribution in [3.8, 4) is 17.0 Å². The van der Waals surface area contributed by atoms with E-state index in [2.05, 4.69) is 25.9 Å². The van der Waals surface area contributed by atoms with Crippen LogP contribution < -0.4 is 20.7 Å². The highest BCUT2D eigenvalue weighted by Crippen LogP contribution is 2.32. The van der Waals surface area contributed by atoms with Gasteiger partial charge in [-0.2, -0.15) is 4.39 Å². The SMILES string of the molecule is CCc1cc(Nc2nccn3c(-c4ccc(OC)c(F)c4F)cnc23)ccc1C(=O)NCC1CCN(C(=O)C2CCNCC2)CC1. The van der Waals surface area contributed by atoms with Crippen LogP contribution >= 0.6 is 0 Å². The van der Waals surface area contributed by atoms with E-state index >= 15 is 0 Å². The number of aryl methyl sites for hydroxylation is 1. The molecule has 4 aromatic rings. The Morgan fingerprint density at radius 1 is 1.04 bits per heavy atom. The van der Waals surface area contributed by atoms with E-state index in [1.54, 1.807) is 22.9 Å². The van der Waals surface area contributed by atoms with Gasteiger partial charge >= 0.3 is 0 Å². The summed E-state index contributed by atoms with van der Waals surface area (Å²) in [5.74, 6) is -1.21. The molecular formula is C34H39F2N7O3. The summed E-state index contributed by atoms with van der Waals surface area (Å²) >= 11 is 0. The molecule has 4 heterocycles. The minimum atomic E-state index is -1.07. The summed E-state index contributed by atoms with van der Waals surface area (Å²) < 4.78 is 35.8. The minimum Gasteiger partial charge on any atom is -0.494 e. The van der Waals surface area contributed by atoms with Gasteiger partial charge in [-0.25, -0.2) is 14.4 Å². The van der Waals surface area contributed by atoms with Crippen molar-refractivity contribution in [2.24, 2.45) is 11.8 Å². The van der Waals surface area contributed by atoms with Crippen molar-refractivity contribution in [3.05, 3.63) is 71.7 Å². The van der Waals surface area contributed by atoms with E-state index in [4.69, 9.17) is 4.74 Å². The average molecular weight is 632 g/mol. The van der Waals surface area contributed by atoms with Crippen LogP contribution in [-0.2, 0) is 11.2 Å². The van der Waals surface area contributed by atoms with Crippen LogP contribution in [0.4, 0.5) is 20.3 Å². The molecule has 0 bridgehead atoms. The zero-order valence-corrected chi connectivity index (χ0v) is 26.1. The van der Waals surface area contributed by atoms with Gasteiger partial charge in [0.1, 0.15) is 0 Å².